The third-order valence-corrected chi connectivity index (χ3v) is 9.25. The summed E-state index contributed by atoms with van der Waals surface area (Å²) in [6, 6.07) is 16.0. The number of hydrogen-bond donors (Lipinski definition) is 2. The van der Waals surface area contributed by atoms with E-state index in [1.807, 2.05) is 0 Å². The standard InChI is InChI=1S/C35H36O4/c36-34(37)30-7-4-8-31(35(38)39)33(30)21-24-12-16-27-26(19-24)15-18-29-28(27)17-14-25-13-11-23(20-32(25)29)10-9-22-5-2-1-3-6-22/h4,7-8,11,13-15,18-20,22,24H,1-3,5-6,9-10,12,16-17,21H2,(H,36,37)(H,38,39). The smallest absolute Gasteiger partial charge is 0.335 e. The second-order valence-corrected chi connectivity index (χ2v) is 11.6. The minimum atomic E-state index is -1.08. The average molecular weight is 521 g/mol. The summed E-state index contributed by atoms with van der Waals surface area (Å²) in [5.41, 5.74) is 4.84. The summed E-state index contributed by atoms with van der Waals surface area (Å²) >= 11 is 0. The molecule has 2 N–H and O–H groups in total. The number of aryl methyl sites for hydroxylation is 1. The molecule has 0 radical (unpaired) electrons. The van der Waals surface area contributed by atoms with Crippen LogP contribution in [0, 0.1) is 22.3 Å². The third kappa shape index (κ3) is 5.17. The summed E-state index contributed by atoms with van der Waals surface area (Å²) in [6.45, 7) is 0. The van der Waals surface area contributed by atoms with E-state index >= 15 is 0 Å². The molecule has 0 amide bonds. The summed E-state index contributed by atoms with van der Waals surface area (Å²) in [4.78, 5) is 23.7. The monoisotopic (exact) mass is 520 g/mol. The van der Waals surface area contributed by atoms with E-state index in [1.54, 1.807) is 0 Å². The fourth-order valence-corrected chi connectivity index (χ4v) is 7.17. The molecule has 4 nitrogen and oxygen atoms in total. The van der Waals surface area contributed by atoms with Crippen molar-refractivity contribution >= 4 is 24.1 Å². The summed E-state index contributed by atoms with van der Waals surface area (Å²) in [5, 5.41) is 24.6. The molecule has 1 atom stereocenters. The van der Waals surface area contributed by atoms with Crippen molar-refractivity contribution < 1.29 is 19.8 Å². The topological polar surface area (TPSA) is 74.6 Å². The molecule has 0 spiro atoms. The molecule has 6 rings (SSSR count). The Hall–Kier alpha value is -3.66. The average Bonchev–Trinajstić information content (AvgIpc) is 2.96. The lowest BCUT2D eigenvalue weighted by atomic mass is 9.81. The lowest BCUT2D eigenvalue weighted by Gasteiger charge is -2.23. The Morgan fingerprint density at radius 1 is 0.795 bits per heavy atom. The SMILES string of the molecule is O=C(O)c1cccc(C(=O)O)c1CC1C=c2ccc3c(c2CC1)CC=c1ccc(CCC2CCCCC2)cc1=3. The van der Waals surface area contributed by atoms with Gasteiger partial charge in [0.2, 0.25) is 0 Å². The fraction of sp³-hybridized carbons (Fsp3) is 0.371. The minimum absolute atomic E-state index is 0.0880. The van der Waals surface area contributed by atoms with Crippen molar-refractivity contribution in [1.82, 2.24) is 0 Å². The van der Waals surface area contributed by atoms with Gasteiger partial charge in [0, 0.05) is 0 Å². The van der Waals surface area contributed by atoms with Crippen molar-refractivity contribution in [3.8, 4) is 0 Å². The highest BCUT2D eigenvalue weighted by atomic mass is 16.4. The normalized spacial score (nSPS) is 18.2. The summed E-state index contributed by atoms with van der Waals surface area (Å²) in [6.07, 6.45) is 17.2. The molecule has 0 saturated heterocycles. The van der Waals surface area contributed by atoms with Crippen molar-refractivity contribution in [1.29, 1.82) is 0 Å². The van der Waals surface area contributed by atoms with E-state index < -0.39 is 11.9 Å². The predicted octanol–water partition coefficient (Wildman–Crippen LogP) is 5.81. The maximum Gasteiger partial charge on any atom is 0.335 e. The Bertz CT molecular complexity index is 1630. The lowest BCUT2D eigenvalue weighted by Crippen LogP contribution is -2.24. The fourth-order valence-electron chi connectivity index (χ4n) is 7.17. The van der Waals surface area contributed by atoms with Crippen LogP contribution in [0.15, 0.2) is 48.5 Å². The molecule has 39 heavy (non-hydrogen) atoms. The highest BCUT2D eigenvalue weighted by molar-refractivity contribution is 5.96. The Balaban J connectivity index is 1.33. The molecule has 1 saturated carbocycles. The number of carbonyl (C=O) groups is 2. The molecule has 3 aliphatic rings. The van der Waals surface area contributed by atoms with Crippen LogP contribution in [-0.4, -0.2) is 22.2 Å². The summed E-state index contributed by atoms with van der Waals surface area (Å²) in [7, 11) is 0. The van der Waals surface area contributed by atoms with Crippen molar-refractivity contribution in [2.24, 2.45) is 11.8 Å². The van der Waals surface area contributed by atoms with Crippen LogP contribution in [-0.2, 0) is 25.7 Å². The van der Waals surface area contributed by atoms with Crippen LogP contribution < -0.4 is 10.4 Å². The molecule has 3 aliphatic carbocycles. The third-order valence-electron chi connectivity index (χ3n) is 9.25. The Kier molecular flexibility index (Phi) is 7.12. The first-order valence-corrected chi connectivity index (χ1v) is 14.5. The highest BCUT2D eigenvalue weighted by Crippen LogP contribution is 2.29. The maximum absolute atomic E-state index is 11.8. The van der Waals surface area contributed by atoms with Gasteiger partial charge < -0.3 is 10.2 Å². The van der Waals surface area contributed by atoms with Gasteiger partial charge in [0.05, 0.1) is 11.1 Å². The van der Waals surface area contributed by atoms with Gasteiger partial charge in [-0.1, -0.05) is 80.7 Å². The van der Waals surface area contributed by atoms with Gasteiger partial charge in [-0.15, -0.1) is 0 Å². The lowest BCUT2D eigenvalue weighted by molar-refractivity contribution is 0.0695. The number of aromatic carboxylic acids is 2. The van der Waals surface area contributed by atoms with Gasteiger partial charge in [-0.2, -0.15) is 0 Å². The number of carboxylic acid groups (broad SMARTS) is 2. The van der Waals surface area contributed by atoms with Gasteiger partial charge in [-0.25, -0.2) is 9.59 Å². The van der Waals surface area contributed by atoms with Crippen LogP contribution >= 0.6 is 0 Å². The van der Waals surface area contributed by atoms with Crippen LogP contribution in [0.25, 0.3) is 12.2 Å². The number of rotatable bonds is 7. The zero-order valence-corrected chi connectivity index (χ0v) is 22.4. The van der Waals surface area contributed by atoms with E-state index in [1.165, 1.54) is 94.3 Å². The molecule has 0 bridgehead atoms. The molecule has 3 aromatic rings. The second-order valence-electron chi connectivity index (χ2n) is 11.6. The van der Waals surface area contributed by atoms with Crippen molar-refractivity contribution in [2.75, 3.05) is 0 Å². The van der Waals surface area contributed by atoms with E-state index in [9.17, 15) is 19.8 Å². The largest absolute Gasteiger partial charge is 0.478 e. The van der Waals surface area contributed by atoms with E-state index in [4.69, 9.17) is 0 Å². The Morgan fingerprint density at radius 3 is 2.28 bits per heavy atom. The predicted molar refractivity (Wildman–Crippen MR) is 153 cm³/mol. The number of benzene rings is 3. The van der Waals surface area contributed by atoms with Gasteiger partial charge >= 0.3 is 11.9 Å². The van der Waals surface area contributed by atoms with Crippen molar-refractivity contribution in [3.63, 3.8) is 0 Å². The Labute approximate surface area is 229 Å². The van der Waals surface area contributed by atoms with Crippen LogP contribution in [0.3, 0.4) is 0 Å². The second kappa shape index (κ2) is 10.8. The number of fused-ring (bicyclic) bond motifs is 4. The zero-order valence-electron chi connectivity index (χ0n) is 22.4. The quantitative estimate of drug-likeness (QED) is 0.413. The first-order chi connectivity index (χ1) is 19.0. The summed E-state index contributed by atoms with van der Waals surface area (Å²) < 4.78 is 0. The summed E-state index contributed by atoms with van der Waals surface area (Å²) in [5.74, 6) is -1.17. The molecule has 0 aromatic heterocycles. The van der Waals surface area contributed by atoms with E-state index in [-0.39, 0.29) is 17.0 Å². The zero-order chi connectivity index (χ0) is 26.9. The first-order valence-electron chi connectivity index (χ1n) is 14.5. The molecule has 3 aromatic carbocycles. The van der Waals surface area contributed by atoms with Crippen molar-refractivity contribution in [3.05, 3.63) is 103 Å². The molecular formula is C35H36O4. The molecule has 0 heterocycles. The molecule has 4 heteroatoms. The van der Waals surface area contributed by atoms with Crippen molar-refractivity contribution in [2.45, 2.75) is 70.6 Å². The maximum atomic E-state index is 11.8. The van der Waals surface area contributed by atoms with Crippen LogP contribution in [0.4, 0.5) is 0 Å². The van der Waals surface area contributed by atoms with E-state index in [0.717, 1.165) is 31.6 Å². The molecule has 200 valence electrons. The Morgan fingerprint density at radius 2 is 1.54 bits per heavy atom. The molecular weight excluding hydrogens is 484 g/mol. The van der Waals surface area contributed by atoms with Gasteiger partial charge in [0.15, 0.2) is 0 Å². The van der Waals surface area contributed by atoms with Gasteiger partial charge in [-0.05, 0) is 106 Å². The molecule has 1 unspecified atom stereocenters. The molecule has 1 fully saturated rings. The highest BCUT2D eigenvalue weighted by Gasteiger charge is 2.23. The van der Waals surface area contributed by atoms with E-state index in [0.29, 0.717) is 12.0 Å². The first kappa shape index (κ1) is 25.6. The van der Waals surface area contributed by atoms with Crippen LogP contribution in [0.1, 0.15) is 87.9 Å². The molecule has 0 aliphatic heterocycles. The van der Waals surface area contributed by atoms with Gasteiger partial charge in [-0.3, -0.25) is 0 Å². The van der Waals surface area contributed by atoms with E-state index in [2.05, 4.69) is 42.5 Å². The van der Waals surface area contributed by atoms with Gasteiger partial charge in [0.1, 0.15) is 0 Å². The van der Waals surface area contributed by atoms with Gasteiger partial charge in [0.25, 0.3) is 0 Å². The number of carboxylic acids is 2. The van der Waals surface area contributed by atoms with Crippen LogP contribution in [0.2, 0.25) is 0 Å². The minimum Gasteiger partial charge on any atom is -0.478 e. The van der Waals surface area contributed by atoms with Crippen LogP contribution in [0.5, 0.6) is 0 Å². The number of hydrogen-bond acceptors (Lipinski definition) is 2.